The first-order valence-corrected chi connectivity index (χ1v) is 8.87. The third-order valence-electron chi connectivity index (χ3n) is 4.02. The number of nitrogens with zero attached hydrogens (tertiary/aromatic N) is 1. The summed E-state index contributed by atoms with van der Waals surface area (Å²) in [6.45, 7) is 1.08. The lowest BCUT2D eigenvalue weighted by atomic mass is 10.2. The minimum Gasteiger partial charge on any atom is -0.497 e. The summed E-state index contributed by atoms with van der Waals surface area (Å²) in [5.41, 5.74) is 2.61. The van der Waals surface area contributed by atoms with Crippen LogP contribution < -0.4 is 15.4 Å². The molecule has 0 aliphatic heterocycles. The van der Waals surface area contributed by atoms with Crippen molar-refractivity contribution in [3.63, 3.8) is 0 Å². The first-order chi connectivity index (χ1) is 13.1. The van der Waals surface area contributed by atoms with E-state index in [0.29, 0.717) is 29.5 Å². The molecule has 0 spiro atoms. The molecule has 0 aliphatic carbocycles. The molecule has 1 amide bonds. The van der Waals surface area contributed by atoms with Crippen LogP contribution in [0.3, 0.4) is 0 Å². The normalized spacial score (nSPS) is 10.3. The van der Waals surface area contributed by atoms with E-state index in [9.17, 15) is 4.79 Å². The van der Waals surface area contributed by atoms with Crippen LogP contribution in [0.2, 0.25) is 5.02 Å². The Labute approximate surface area is 163 Å². The van der Waals surface area contributed by atoms with Crippen molar-refractivity contribution in [3.8, 4) is 5.75 Å². The highest BCUT2D eigenvalue weighted by Gasteiger charge is 2.06. The second-order valence-electron chi connectivity index (χ2n) is 5.94. The van der Waals surface area contributed by atoms with Crippen molar-refractivity contribution >= 4 is 23.3 Å². The van der Waals surface area contributed by atoms with Gasteiger partial charge < -0.3 is 15.4 Å². The smallest absolute Gasteiger partial charge is 0.253 e. The number of amides is 1. The molecule has 138 valence electrons. The van der Waals surface area contributed by atoms with Crippen LogP contribution in [0.15, 0.2) is 66.9 Å². The van der Waals surface area contributed by atoms with Crippen molar-refractivity contribution < 1.29 is 9.53 Å². The molecule has 0 aliphatic rings. The molecule has 2 N–H and O–H groups in total. The van der Waals surface area contributed by atoms with Crippen molar-refractivity contribution in [1.29, 1.82) is 0 Å². The topological polar surface area (TPSA) is 63.2 Å². The van der Waals surface area contributed by atoms with Gasteiger partial charge in [-0.3, -0.25) is 4.79 Å². The van der Waals surface area contributed by atoms with E-state index >= 15 is 0 Å². The van der Waals surface area contributed by atoms with Gasteiger partial charge in [0.2, 0.25) is 0 Å². The molecule has 6 heteroatoms. The highest BCUT2D eigenvalue weighted by atomic mass is 35.5. The number of carbonyl (C=O) groups excluding carboxylic acids is 1. The van der Waals surface area contributed by atoms with E-state index in [1.54, 1.807) is 37.6 Å². The number of anilines is 1. The summed E-state index contributed by atoms with van der Waals surface area (Å²) in [5, 5.41) is 6.77. The molecular weight excluding hydrogens is 362 g/mol. The lowest BCUT2D eigenvalue weighted by Crippen LogP contribution is -2.22. The lowest BCUT2D eigenvalue weighted by Gasteiger charge is -2.08. The van der Waals surface area contributed by atoms with Crippen LogP contribution in [-0.2, 0) is 13.1 Å². The fraction of sp³-hybridized carbons (Fsp3) is 0.143. The highest BCUT2D eigenvalue weighted by molar-refractivity contribution is 6.30. The molecular formula is C21H20ClN3O2. The van der Waals surface area contributed by atoms with Crippen molar-refractivity contribution in [2.24, 2.45) is 0 Å². The van der Waals surface area contributed by atoms with Crippen molar-refractivity contribution in [2.45, 2.75) is 13.1 Å². The van der Waals surface area contributed by atoms with Crippen LogP contribution in [-0.4, -0.2) is 18.0 Å². The van der Waals surface area contributed by atoms with Gasteiger partial charge in [0.25, 0.3) is 5.91 Å². The Morgan fingerprint density at radius 3 is 2.26 bits per heavy atom. The van der Waals surface area contributed by atoms with Gasteiger partial charge in [-0.15, -0.1) is 0 Å². The maximum absolute atomic E-state index is 12.2. The molecule has 0 unspecified atom stereocenters. The zero-order valence-electron chi connectivity index (χ0n) is 14.9. The molecule has 1 heterocycles. The van der Waals surface area contributed by atoms with Crippen LogP contribution in [0, 0.1) is 0 Å². The number of methoxy groups -OCH3 is 1. The minimum absolute atomic E-state index is 0.167. The van der Waals surface area contributed by atoms with Gasteiger partial charge in [0.15, 0.2) is 0 Å². The largest absolute Gasteiger partial charge is 0.497 e. The minimum atomic E-state index is -0.167. The van der Waals surface area contributed by atoms with Crippen LogP contribution in [0.25, 0.3) is 0 Å². The van der Waals surface area contributed by atoms with Crippen molar-refractivity contribution in [1.82, 2.24) is 10.3 Å². The first kappa shape index (κ1) is 18.7. The van der Waals surface area contributed by atoms with E-state index in [4.69, 9.17) is 16.3 Å². The van der Waals surface area contributed by atoms with Gasteiger partial charge in [-0.05, 0) is 47.5 Å². The summed E-state index contributed by atoms with van der Waals surface area (Å²) in [6.07, 6.45) is 1.56. The van der Waals surface area contributed by atoms with Gasteiger partial charge >= 0.3 is 0 Å². The number of carbonyl (C=O) groups is 1. The van der Waals surface area contributed by atoms with E-state index in [2.05, 4.69) is 15.6 Å². The molecule has 3 rings (SSSR count). The quantitative estimate of drug-likeness (QED) is 0.641. The lowest BCUT2D eigenvalue weighted by molar-refractivity contribution is 0.0950. The Morgan fingerprint density at radius 1 is 0.963 bits per heavy atom. The Hall–Kier alpha value is -3.05. The third-order valence-corrected chi connectivity index (χ3v) is 4.28. The highest BCUT2D eigenvalue weighted by Crippen LogP contribution is 2.13. The summed E-state index contributed by atoms with van der Waals surface area (Å²) < 4.78 is 5.14. The van der Waals surface area contributed by atoms with Crippen molar-refractivity contribution in [2.75, 3.05) is 12.4 Å². The van der Waals surface area contributed by atoms with Gasteiger partial charge in [-0.25, -0.2) is 4.98 Å². The molecule has 2 aromatic carbocycles. The molecule has 5 nitrogen and oxygen atoms in total. The Kier molecular flexibility index (Phi) is 6.28. The first-order valence-electron chi connectivity index (χ1n) is 8.49. The fourth-order valence-corrected chi connectivity index (χ4v) is 2.58. The number of hydrogen-bond acceptors (Lipinski definition) is 4. The third kappa shape index (κ3) is 5.46. The van der Waals surface area contributed by atoms with E-state index in [1.807, 2.05) is 36.4 Å². The van der Waals surface area contributed by atoms with E-state index in [0.717, 1.165) is 16.9 Å². The van der Waals surface area contributed by atoms with Crippen LogP contribution in [0.4, 0.5) is 5.82 Å². The summed E-state index contributed by atoms with van der Waals surface area (Å²) in [5.74, 6) is 1.37. The molecule has 0 fully saturated rings. The number of pyridine rings is 1. The van der Waals surface area contributed by atoms with Crippen LogP contribution in [0.5, 0.6) is 5.75 Å². The number of hydrogen-bond donors (Lipinski definition) is 2. The number of nitrogens with one attached hydrogen (secondary N) is 2. The summed E-state index contributed by atoms with van der Waals surface area (Å²) in [7, 11) is 1.64. The molecule has 27 heavy (non-hydrogen) atoms. The number of aromatic nitrogens is 1. The summed E-state index contributed by atoms with van der Waals surface area (Å²) in [4.78, 5) is 16.5. The van der Waals surface area contributed by atoms with Gasteiger partial charge in [0, 0.05) is 24.3 Å². The van der Waals surface area contributed by atoms with Gasteiger partial charge in [0.1, 0.15) is 11.6 Å². The SMILES string of the molecule is COc1ccc(CNc2ccc(C(=O)NCc3ccc(Cl)cc3)cn2)cc1. The van der Waals surface area contributed by atoms with E-state index in [1.165, 1.54) is 0 Å². The molecule has 1 aromatic heterocycles. The van der Waals surface area contributed by atoms with E-state index in [-0.39, 0.29) is 5.91 Å². The monoisotopic (exact) mass is 381 g/mol. The Morgan fingerprint density at radius 2 is 1.63 bits per heavy atom. The van der Waals surface area contributed by atoms with Gasteiger partial charge in [-0.2, -0.15) is 0 Å². The predicted octanol–water partition coefficient (Wildman–Crippen LogP) is 4.29. The average Bonchev–Trinajstić information content (AvgIpc) is 2.72. The molecule has 0 radical (unpaired) electrons. The molecule has 0 atom stereocenters. The summed E-state index contributed by atoms with van der Waals surface area (Å²) in [6, 6.07) is 18.7. The molecule has 3 aromatic rings. The predicted molar refractivity (Wildman–Crippen MR) is 107 cm³/mol. The number of rotatable bonds is 7. The number of ether oxygens (including phenoxy) is 1. The van der Waals surface area contributed by atoms with Gasteiger partial charge in [0.05, 0.1) is 12.7 Å². The maximum Gasteiger partial charge on any atom is 0.253 e. The Balaban J connectivity index is 1.51. The van der Waals surface area contributed by atoms with Crippen molar-refractivity contribution in [3.05, 3.63) is 88.6 Å². The molecule has 0 bridgehead atoms. The Bertz CT molecular complexity index is 879. The van der Waals surface area contributed by atoms with Gasteiger partial charge in [-0.1, -0.05) is 35.9 Å². The fourth-order valence-electron chi connectivity index (χ4n) is 2.46. The molecule has 0 saturated carbocycles. The maximum atomic E-state index is 12.2. The zero-order valence-corrected chi connectivity index (χ0v) is 15.7. The number of halogens is 1. The number of benzene rings is 2. The second kappa shape index (κ2) is 9.05. The summed E-state index contributed by atoms with van der Waals surface area (Å²) >= 11 is 5.86. The van der Waals surface area contributed by atoms with Crippen LogP contribution in [0.1, 0.15) is 21.5 Å². The molecule has 0 saturated heterocycles. The zero-order chi connectivity index (χ0) is 19.1. The van der Waals surface area contributed by atoms with Crippen LogP contribution >= 0.6 is 11.6 Å². The second-order valence-corrected chi connectivity index (χ2v) is 6.38. The average molecular weight is 382 g/mol. The standard InChI is InChI=1S/C21H20ClN3O2/c1-27-19-9-4-16(5-10-19)12-23-20-11-6-17(14-24-20)21(26)25-13-15-2-7-18(22)8-3-15/h2-11,14H,12-13H2,1H3,(H,23,24)(H,25,26). The van der Waals surface area contributed by atoms with E-state index < -0.39 is 0 Å².